The van der Waals surface area contributed by atoms with Crippen molar-refractivity contribution >= 4 is 28.2 Å². The molecule has 21 heavy (non-hydrogen) atoms. The third kappa shape index (κ3) is 3.95. The van der Waals surface area contributed by atoms with Crippen LogP contribution >= 0.6 is 11.3 Å². The van der Waals surface area contributed by atoms with Gasteiger partial charge >= 0.3 is 6.03 Å². The Morgan fingerprint density at radius 3 is 3.00 bits per heavy atom. The van der Waals surface area contributed by atoms with Crippen LogP contribution < -0.4 is 15.4 Å². The number of amides is 2. The number of nitrogens with zero attached hydrogens (tertiary/aromatic N) is 1. The Morgan fingerprint density at radius 2 is 2.29 bits per heavy atom. The SMILES string of the molecule is Cc1ccc(NC(=O)Nc2nccs2)c(OCC2CC2)c1. The molecule has 110 valence electrons. The minimum Gasteiger partial charge on any atom is -0.491 e. The van der Waals surface area contributed by atoms with Crippen molar-refractivity contribution in [1.82, 2.24) is 4.98 Å². The summed E-state index contributed by atoms with van der Waals surface area (Å²) in [6.45, 7) is 2.72. The van der Waals surface area contributed by atoms with Gasteiger partial charge in [-0.1, -0.05) is 6.07 Å². The number of carbonyl (C=O) groups is 1. The van der Waals surface area contributed by atoms with Gasteiger partial charge < -0.3 is 10.1 Å². The van der Waals surface area contributed by atoms with Gasteiger partial charge in [0.25, 0.3) is 0 Å². The van der Waals surface area contributed by atoms with Crippen molar-refractivity contribution in [3.8, 4) is 5.75 Å². The average Bonchev–Trinajstić information content (AvgIpc) is 3.15. The number of aryl methyl sites for hydroxylation is 1. The Hall–Kier alpha value is -2.08. The summed E-state index contributed by atoms with van der Waals surface area (Å²) in [7, 11) is 0. The smallest absolute Gasteiger partial charge is 0.325 e. The monoisotopic (exact) mass is 303 g/mol. The summed E-state index contributed by atoms with van der Waals surface area (Å²) in [5.74, 6) is 1.39. The summed E-state index contributed by atoms with van der Waals surface area (Å²) >= 11 is 1.38. The molecule has 0 bridgehead atoms. The molecule has 2 amide bonds. The zero-order valence-electron chi connectivity index (χ0n) is 11.8. The Bertz CT molecular complexity index is 624. The van der Waals surface area contributed by atoms with Crippen LogP contribution in [0.3, 0.4) is 0 Å². The Balaban J connectivity index is 1.66. The second-order valence-electron chi connectivity index (χ2n) is 5.17. The van der Waals surface area contributed by atoms with Gasteiger partial charge in [-0.15, -0.1) is 11.3 Å². The number of aromatic nitrogens is 1. The maximum Gasteiger partial charge on any atom is 0.325 e. The first-order chi connectivity index (χ1) is 10.2. The van der Waals surface area contributed by atoms with Gasteiger partial charge in [0.1, 0.15) is 5.75 Å². The molecule has 3 rings (SSSR count). The Morgan fingerprint density at radius 1 is 1.43 bits per heavy atom. The normalized spacial score (nSPS) is 13.8. The predicted molar refractivity (Wildman–Crippen MR) is 84.2 cm³/mol. The van der Waals surface area contributed by atoms with Gasteiger partial charge in [0, 0.05) is 11.6 Å². The molecule has 2 aromatic rings. The fourth-order valence-electron chi connectivity index (χ4n) is 1.88. The predicted octanol–water partition coefficient (Wildman–Crippen LogP) is 3.88. The van der Waals surface area contributed by atoms with Gasteiger partial charge in [0.15, 0.2) is 5.13 Å². The number of ether oxygens (including phenoxy) is 1. The van der Waals surface area contributed by atoms with Crippen molar-refractivity contribution in [2.24, 2.45) is 5.92 Å². The van der Waals surface area contributed by atoms with Gasteiger partial charge in [-0.05, 0) is 43.4 Å². The van der Waals surface area contributed by atoms with Gasteiger partial charge in [0.2, 0.25) is 0 Å². The van der Waals surface area contributed by atoms with Crippen LogP contribution in [0.1, 0.15) is 18.4 Å². The van der Waals surface area contributed by atoms with Crippen molar-refractivity contribution in [2.45, 2.75) is 19.8 Å². The van der Waals surface area contributed by atoms with Crippen molar-refractivity contribution in [1.29, 1.82) is 0 Å². The molecule has 1 aromatic carbocycles. The molecule has 1 saturated carbocycles. The summed E-state index contributed by atoms with van der Waals surface area (Å²) in [6.07, 6.45) is 4.12. The quantitative estimate of drug-likeness (QED) is 0.881. The van der Waals surface area contributed by atoms with E-state index in [2.05, 4.69) is 15.6 Å². The standard InChI is InChI=1S/C15H17N3O2S/c1-10-2-5-12(13(8-10)20-9-11-3-4-11)17-14(19)18-15-16-6-7-21-15/h2,5-8,11H,3-4,9H2,1H3,(H2,16,17,18,19). The van der Waals surface area contributed by atoms with E-state index in [0.717, 1.165) is 11.3 Å². The molecule has 1 fully saturated rings. The molecule has 6 heteroatoms. The molecule has 0 spiro atoms. The van der Waals surface area contributed by atoms with E-state index in [0.29, 0.717) is 23.3 Å². The number of anilines is 2. The average molecular weight is 303 g/mol. The van der Waals surface area contributed by atoms with E-state index >= 15 is 0 Å². The van der Waals surface area contributed by atoms with Crippen LogP contribution in [0.4, 0.5) is 15.6 Å². The minimum atomic E-state index is -0.315. The molecule has 1 aromatic heterocycles. The molecule has 0 aliphatic heterocycles. The lowest BCUT2D eigenvalue weighted by molar-refractivity contribution is 0.261. The van der Waals surface area contributed by atoms with E-state index in [4.69, 9.17) is 4.74 Å². The first-order valence-corrected chi connectivity index (χ1v) is 7.79. The first-order valence-electron chi connectivity index (χ1n) is 6.91. The van der Waals surface area contributed by atoms with Gasteiger partial charge in [0.05, 0.1) is 12.3 Å². The van der Waals surface area contributed by atoms with Gasteiger partial charge in [-0.25, -0.2) is 9.78 Å². The number of thiazole rings is 1. The number of nitrogens with one attached hydrogen (secondary N) is 2. The van der Waals surface area contributed by atoms with Crippen LogP contribution in [0.25, 0.3) is 0 Å². The van der Waals surface area contributed by atoms with Crippen LogP contribution in [0, 0.1) is 12.8 Å². The highest BCUT2D eigenvalue weighted by molar-refractivity contribution is 7.13. The Labute approximate surface area is 127 Å². The van der Waals surface area contributed by atoms with Crippen LogP contribution in [0.5, 0.6) is 5.75 Å². The lowest BCUT2D eigenvalue weighted by Crippen LogP contribution is -2.20. The third-order valence-electron chi connectivity index (χ3n) is 3.21. The largest absolute Gasteiger partial charge is 0.491 e. The zero-order chi connectivity index (χ0) is 14.7. The minimum absolute atomic E-state index is 0.315. The second kappa shape index (κ2) is 6.13. The number of hydrogen-bond donors (Lipinski definition) is 2. The highest BCUT2D eigenvalue weighted by Gasteiger charge is 2.22. The fraction of sp³-hybridized carbons (Fsp3) is 0.333. The lowest BCUT2D eigenvalue weighted by atomic mass is 10.2. The van der Waals surface area contributed by atoms with Crippen molar-refractivity contribution in [2.75, 3.05) is 17.2 Å². The molecule has 0 atom stereocenters. The van der Waals surface area contributed by atoms with Crippen LogP contribution in [-0.2, 0) is 0 Å². The number of rotatable bonds is 5. The lowest BCUT2D eigenvalue weighted by Gasteiger charge is -2.13. The van der Waals surface area contributed by atoms with E-state index in [1.807, 2.05) is 30.5 Å². The molecular weight excluding hydrogens is 286 g/mol. The van der Waals surface area contributed by atoms with Crippen molar-refractivity contribution in [3.05, 3.63) is 35.3 Å². The molecular formula is C15H17N3O2S. The Kier molecular flexibility index (Phi) is 4.06. The van der Waals surface area contributed by atoms with Crippen molar-refractivity contribution < 1.29 is 9.53 Å². The van der Waals surface area contributed by atoms with Gasteiger partial charge in [-0.3, -0.25) is 5.32 Å². The first kappa shape index (κ1) is 13.9. The number of benzene rings is 1. The summed E-state index contributed by atoms with van der Waals surface area (Å²) in [6, 6.07) is 5.44. The molecule has 1 aliphatic rings. The summed E-state index contributed by atoms with van der Waals surface area (Å²) in [5, 5.41) is 7.88. The molecule has 0 unspecified atom stereocenters. The molecule has 5 nitrogen and oxygen atoms in total. The molecule has 1 aliphatic carbocycles. The highest BCUT2D eigenvalue weighted by atomic mass is 32.1. The summed E-state index contributed by atoms with van der Waals surface area (Å²) in [5.41, 5.74) is 1.78. The van der Waals surface area contributed by atoms with E-state index < -0.39 is 0 Å². The van der Waals surface area contributed by atoms with Crippen molar-refractivity contribution in [3.63, 3.8) is 0 Å². The van der Waals surface area contributed by atoms with Crippen LogP contribution in [0.15, 0.2) is 29.8 Å². The van der Waals surface area contributed by atoms with E-state index in [1.165, 1.54) is 24.2 Å². The van der Waals surface area contributed by atoms with Gasteiger partial charge in [-0.2, -0.15) is 0 Å². The topological polar surface area (TPSA) is 63.2 Å². The van der Waals surface area contributed by atoms with E-state index in [9.17, 15) is 4.79 Å². The summed E-state index contributed by atoms with van der Waals surface area (Å²) in [4.78, 5) is 16.0. The maximum absolute atomic E-state index is 12.0. The summed E-state index contributed by atoms with van der Waals surface area (Å²) < 4.78 is 5.82. The highest BCUT2D eigenvalue weighted by Crippen LogP contribution is 2.32. The fourth-order valence-corrected chi connectivity index (χ4v) is 2.40. The molecule has 0 saturated heterocycles. The molecule has 0 radical (unpaired) electrons. The van der Waals surface area contributed by atoms with Crippen LogP contribution in [-0.4, -0.2) is 17.6 Å². The van der Waals surface area contributed by atoms with E-state index in [-0.39, 0.29) is 6.03 Å². The van der Waals surface area contributed by atoms with E-state index in [1.54, 1.807) is 6.20 Å². The maximum atomic E-state index is 12.0. The molecule has 1 heterocycles. The zero-order valence-corrected chi connectivity index (χ0v) is 12.6. The number of carbonyl (C=O) groups excluding carboxylic acids is 1. The van der Waals surface area contributed by atoms with Crippen LogP contribution in [0.2, 0.25) is 0 Å². The second-order valence-corrected chi connectivity index (χ2v) is 6.06. The third-order valence-corrected chi connectivity index (χ3v) is 3.90. The number of hydrogen-bond acceptors (Lipinski definition) is 4. The molecule has 2 N–H and O–H groups in total. The number of urea groups is 1.